The van der Waals surface area contributed by atoms with Crippen molar-refractivity contribution in [2.45, 2.75) is 44.6 Å². The summed E-state index contributed by atoms with van der Waals surface area (Å²) >= 11 is 1.56. The van der Waals surface area contributed by atoms with Gasteiger partial charge in [-0.1, -0.05) is 27.7 Å². The first-order valence-electron chi connectivity index (χ1n) is 4.37. The van der Waals surface area contributed by atoms with Gasteiger partial charge in [0, 0.05) is 5.25 Å². The van der Waals surface area contributed by atoms with Gasteiger partial charge in [-0.15, -0.1) is 11.8 Å². The first-order valence-corrected chi connectivity index (χ1v) is 5.31. The Balaban J connectivity index is 4.05. The van der Waals surface area contributed by atoms with Crippen LogP contribution in [0, 0.1) is 5.92 Å². The Bertz CT molecular complexity index is 145. The number of carboxylic acid groups (broad SMARTS) is 1. The van der Waals surface area contributed by atoms with Gasteiger partial charge in [0.15, 0.2) is 0 Å². The van der Waals surface area contributed by atoms with Gasteiger partial charge in [-0.25, -0.2) is 0 Å². The van der Waals surface area contributed by atoms with Crippen molar-refractivity contribution < 1.29 is 9.90 Å². The molecule has 0 aromatic heterocycles. The van der Waals surface area contributed by atoms with Gasteiger partial charge in [-0.2, -0.15) is 0 Å². The van der Waals surface area contributed by atoms with Gasteiger partial charge in [-0.05, 0) is 12.3 Å². The monoisotopic (exact) mass is 190 g/mol. The number of carboxylic acids is 1. The van der Waals surface area contributed by atoms with Crippen molar-refractivity contribution in [3.63, 3.8) is 0 Å². The van der Waals surface area contributed by atoms with E-state index in [0.29, 0.717) is 5.25 Å². The van der Waals surface area contributed by atoms with Gasteiger partial charge in [-0.3, -0.25) is 4.79 Å². The van der Waals surface area contributed by atoms with E-state index in [0.717, 1.165) is 6.42 Å². The van der Waals surface area contributed by atoms with Gasteiger partial charge in [0.1, 0.15) is 5.25 Å². The first kappa shape index (κ1) is 11.8. The molecule has 0 aliphatic carbocycles. The van der Waals surface area contributed by atoms with E-state index in [4.69, 9.17) is 5.11 Å². The molecule has 0 aliphatic heterocycles. The van der Waals surface area contributed by atoms with E-state index in [-0.39, 0.29) is 11.2 Å². The van der Waals surface area contributed by atoms with Crippen LogP contribution in [0.25, 0.3) is 0 Å². The lowest BCUT2D eigenvalue weighted by Gasteiger charge is -2.19. The molecule has 0 saturated carbocycles. The Morgan fingerprint density at radius 1 is 1.42 bits per heavy atom. The fourth-order valence-electron chi connectivity index (χ4n) is 0.847. The fraction of sp³-hybridized carbons (Fsp3) is 0.889. The summed E-state index contributed by atoms with van der Waals surface area (Å²) in [7, 11) is 0. The largest absolute Gasteiger partial charge is 0.480 e. The molecule has 0 heterocycles. The minimum absolute atomic E-state index is 0.210. The zero-order valence-electron chi connectivity index (χ0n) is 8.20. The Labute approximate surface area is 78.7 Å². The summed E-state index contributed by atoms with van der Waals surface area (Å²) in [6, 6.07) is 0. The second kappa shape index (κ2) is 5.46. The lowest BCUT2D eigenvalue weighted by Crippen LogP contribution is -2.24. The normalized spacial score (nSPS) is 16.1. The van der Waals surface area contributed by atoms with Crippen LogP contribution in [0.4, 0.5) is 0 Å². The third-order valence-corrected chi connectivity index (χ3v) is 3.64. The van der Waals surface area contributed by atoms with Gasteiger partial charge < -0.3 is 5.11 Å². The molecule has 1 N–H and O–H groups in total. The lowest BCUT2D eigenvalue weighted by atomic mass is 10.1. The molecule has 0 aromatic rings. The molecule has 12 heavy (non-hydrogen) atoms. The topological polar surface area (TPSA) is 37.3 Å². The van der Waals surface area contributed by atoms with Crippen molar-refractivity contribution >= 4 is 17.7 Å². The van der Waals surface area contributed by atoms with Crippen LogP contribution in [0.3, 0.4) is 0 Å². The van der Waals surface area contributed by atoms with Crippen LogP contribution < -0.4 is 0 Å². The van der Waals surface area contributed by atoms with Crippen LogP contribution >= 0.6 is 11.8 Å². The van der Waals surface area contributed by atoms with Crippen LogP contribution in [0.5, 0.6) is 0 Å². The van der Waals surface area contributed by atoms with Gasteiger partial charge in [0.05, 0.1) is 0 Å². The Morgan fingerprint density at radius 3 is 2.17 bits per heavy atom. The summed E-state index contributed by atoms with van der Waals surface area (Å²) in [5, 5.41) is 9.06. The van der Waals surface area contributed by atoms with Crippen LogP contribution in [0.2, 0.25) is 0 Å². The summed E-state index contributed by atoms with van der Waals surface area (Å²) in [4.78, 5) is 10.8. The first-order chi connectivity index (χ1) is 5.49. The van der Waals surface area contributed by atoms with Crippen molar-refractivity contribution in [3.05, 3.63) is 0 Å². The van der Waals surface area contributed by atoms with Crippen molar-refractivity contribution in [3.8, 4) is 0 Å². The van der Waals surface area contributed by atoms with Crippen molar-refractivity contribution in [2.75, 3.05) is 0 Å². The molecule has 0 spiro atoms. The molecule has 2 unspecified atom stereocenters. The minimum atomic E-state index is -0.685. The Hall–Kier alpha value is -0.180. The molecule has 3 heteroatoms. The maximum absolute atomic E-state index is 10.8. The highest BCUT2D eigenvalue weighted by atomic mass is 32.2. The van der Waals surface area contributed by atoms with E-state index in [1.165, 1.54) is 0 Å². The predicted octanol–water partition coefficient (Wildman–Crippen LogP) is 2.63. The predicted molar refractivity (Wildman–Crippen MR) is 53.6 cm³/mol. The maximum atomic E-state index is 10.8. The number of hydrogen-bond acceptors (Lipinski definition) is 2. The minimum Gasteiger partial charge on any atom is -0.480 e. The zero-order valence-corrected chi connectivity index (χ0v) is 9.02. The average Bonchev–Trinajstić information content (AvgIpc) is 1.98. The number of aliphatic carboxylic acids is 1. The van der Waals surface area contributed by atoms with Gasteiger partial charge >= 0.3 is 5.97 Å². The molecular formula is C9H18O2S. The molecule has 0 radical (unpaired) electrons. The molecule has 2 nitrogen and oxygen atoms in total. The molecule has 0 aliphatic rings. The summed E-state index contributed by atoms with van der Waals surface area (Å²) in [5.74, 6) is -0.475. The van der Waals surface area contributed by atoms with E-state index in [1.54, 1.807) is 11.8 Å². The quantitative estimate of drug-likeness (QED) is 0.724. The van der Waals surface area contributed by atoms with Crippen molar-refractivity contribution in [1.82, 2.24) is 0 Å². The SMILES string of the molecule is CCC(C)SC(C(=O)O)C(C)C. The smallest absolute Gasteiger partial charge is 0.316 e. The van der Waals surface area contributed by atoms with Crippen molar-refractivity contribution in [1.29, 1.82) is 0 Å². The van der Waals surface area contributed by atoms with E-state index in [2.05, 4.69) is 13.8 Å². The molecule has 0 fully saturated rings. The van der Waals surface area contributed by atoms with Crippen LogP contribution in [0.15, 0.2) is 0 Å². The molecular weight excluding hydrogens is 172 g/mol. The molecule has 0 bridgehead atoms. The van der Waals surface area contributed by atoms with Crippen LogP contribution in [0.1, 0.15) is 34.1 Å². The molecule has 72 valence electrons. The standard InChI is InChI=1S/C9H18O2S/c1-5-7(4)12-8(6(2)3)9(10)11/h6-8H,5H2,1-4H3,(H,10,11). The fourth-order valence-corrected chi connectivity index (χ4v) is 1.97. The second-order valence-corrected chi connectivity index (χ2v) is 4.94. The number of rotatable bonds is 5. The van der Waals surface area contributed by atoms with Crippen LogP contribution in [-0.2, 0) is 4.79 Å². The van der Waals surface area contributed by atoms with Crippen LogP contribution in [-0.4, -0.2) is 21.6 Å². The summed E-state index contributed by atoms with van der Waals surface area (Å²) in [5.41, 5.74) is 0. The molecule has 0 rings (SSSR count). The lowest BCUT2D eigenvalue weighted by molar-refractivity contribution is -0.137. The number of thioether (sulfide) groups is 1. The Kier molecular flexibility index (Phi) is 5.38. The third-order valence-electron chi connectivity index (χ3n) is 1.80. The van der Waals surface area contributed by atoms with E-state index >= 15 is 0 Å². The highest BCUT2D eigenvalue weighted by Gasteiger charge is 2.23. The van der Waals surface area contributed by atoms with Crippen molar-refractivity contribution in [2.24, 2.45) is 5.92 Å². The molecule has 0 aromatic carbocycles. The second-order valence-electron chi connectivity index (χ2n) is 3.36. The summed E-state index contributed by atoms with van der Waals surface area (Å²) < 4.78 is 0. The average molecular weight is 190 g/mol. The van der Waals surface area contributed by atoms with E-state index in [9.17, 15) is 4.79 Å². The molecule has 0 saturated heterocycles. The number of hydrogen-bond donors (Lipinski definition) is 1. The number of carbonyl (C=O) groups is 1. The maximum Gasteiger partial charge on any atom is 0.316 e. The summed E-state index contributed by atoms with van der Waals surface area (Å²) in [6.07, 6.45) is 1.03. The van der Waals surface area contributed by atoms with Gasteiger partial charge in [0.2, 0.25) is 0 Å². The highest BCUT2D eigenvalue weighted by molar-refractivity contribution is 8.01. The van der Waals surface area contributed by atoms with Gasteiger partial charge in [0.25, 0.3) is 0 Å². The summed E-state index contributed by atoms with van der Waals surface area (Å²) in [6.45, 7) is 8.06. The van der Waals surface area contributed by atoms with E-state index in [1.807, 2.05) is 13.8 Å². The zero-order chi connectivity index (χ0) is 9.72. The van der Waals surface area contributed by atoms with E-state index < -0.39 is 5.97 Å². The molecule has 2 atom stereocenters. The highest BCUT2D eigenvalue weighted by Crippen LogP contribution is 2.25. The molecule has 0 amide bonds. The Morgan fingerprint density at radius 2 is 1.92 bits per heavy atom. The third kappa shape index (κ3) is 4.00.